The van der Waals surface area contributed by atoms with Crippen molar-refractivity contribution in [3.05, 3.63) is 39.4 Å². The number of aryl methyl sites for hydroxylation is 1. The van der Waals surface area contributed by atoms with Gasteiger partial charge in [-0.2, -0.15) is 0 Å². The molecule has 1 aromatic heterocycles. The molecule has 2 heterocycles. The number of benzene rings is 1. The van der Waals surface area contributed by atoms with E-state index in [1.165, 1.54) is 0 Å². The fraction of sp³-hybridized carbons (Fsp3) is 0.333. The van der Waals surface area contributed by atoms with Crippen LogP contribution in [-0.4, -0.2) is 20.8 Å². The van der Waals surface area contributed by atoms with Gasteiger partial charge in [0.05, 0.1) is 23.6 Å². The van der Waals surface area contributed by atoms with Gasteiger partial charge in [0.1, 0.15) is 5.82 Å². The van der Waals surface area contributed by atoms with E-state index < -0.39 is 6.10 Å². The van der Waals surface area contributed by atoms with Crippen LogP contribution in [0, 0.1) is 0 Å². The van der Waals surface area contributed by atoms with Crippen molar-refractivity contribution in [2.75, 3.05) is 0 Å². The van der Waals surface area contributed by atoms with Gasteiger partial charge in [-0.3, -0.25) is 9.36 Å². The highest BCUT2D eigenvalue weighted by molar-refractivity contribution is 6.31. The third kappa shape index (κ3) is 1.73. The third-order valence-electron chi connectivity index (χ3n) is 3.09. The molecule has 0 radical (unpaired) electrons. The molecule has 0 saturated carbocycles. The maximum Gasteiger partial charge on any atom is 0.261 e. The number of halogens is 1. The molecule has 5 heteroatoms. The van der Waals surface area contributed by atoms with Gasteiger partial charge >= 0.3 is 0 Å². The summed E-state index contributed by atoms with van der Waals surface area (Å²) in [5, 5.41) is 10.6. The third-order valence-corrected chi connectivity index (χ3v) is 3.32. The Labute approximate surface area is 102 Å². The Morgan fingerprint density at radius 3 is 3.12 bits per heavy atom. The summed E-state index contributed by atoms with van der Waals surface area (Å²) in [6.45, 7) is 0.323. The van der Waals surface area contributed by atoms with Crippen molar-refractivity contribution in [1.29, 1.82) is 0 Å². The number of hydrogen-bond acceptors (Lipinski definition) is 3. The van der Waals surface area contributed by atoms with E-state index in [-0.39, 0.29) is 5.56 Å². The first-order valence-electron chi connectivity index (χ1n) is 5.52. The van der Waals surface area contributed by atoms with Crippen LogP contribution in [0.5, 0.6) is 0 Å². The molecule has 0 amide bonds. The maximum absolute atomic E-state index is 12.2. The van der Waals surface area contributed by atoms with E-state index in [9.17, 15) is 9.90 Å². The fourth-order valence-corrected chi connectivity index (χ4v) is 2.39. The smallest absolute Gasteiger partial charge is 0.261 e. The van der Waals surface area contributed by atoms with Crippen molar-refractivity contribution in [2.24, 2.45) is 0 Å². The highest BCUT2D eigenvalue weighted by atomic mass is 35.5. The zero-order valence-electron chi connectivity index (χ0n) is 9.06. The van der Waals surface area contributed by atoms with Gasteiger partial charge in [-0.15, -0.1) is 0 Å². The van der Waals surface area contributed by atoms with Gasteiger partial charge in [-0.1, -0.05) is 11.6 Å². The van der Waals surface area contributed by atoms with Gasteiger partial charge < -0.3 is 5.11 Å². The minimum atomic E-state index is -0.460. The average Bonchev–Trinajstić information content (AvgIpc) is 2.32. The second kappa shape index (κ2) is 3.82. The van der Waals surface area contributed by atoms with Gasteiger partial charge in [-0.25, -0.2) is 4.98 Å². The number of hydrogen-bond donors (Lipinski definition) is 1. The molecule has 17 heavy (non-hydrogen) atoms. The summed E-state index contributed by atoms with van der Waals surface area (Å²) in [5.74, 6) is 0.745. The quantitative estimate of drug-likeness (QED) is 0.768. The molecule has 88 valence electrons. The topological polar surface area (TPSA) is 55.1 Å². The summed E-state index contributed by atoms with van der Waals surface area (Å²) in [6.07, 6.45) is 0.833. The highest BCUT2D eigenvalue weighted by Crippen LogP contribution is 2.18. The zero-order chi connectivity index (χ0) is 12.0. The standard InChI is InChI=1S/C12H11ClN2O2/c13-7-1-3-10-9(5-7)12(17)15-6-8(16)2-4-11(15)14-10/h1,3,5,8,16H,2,4,6H2. The Kier molecular flexibility index (Phi) is 2.42. The predicted octanol–water partition coefficient (Wildman–Crippen LogP) is 1.36. The molecule has 2 aromatic rings. The SMILES string of the molecule is O=c1c2cc(Cl)ccc2nc2n1CC(O)CC2. The normalized spacial score (nSPS) is 19.3. The van der Waals surface area contributed by atoms with Crippen LogP contribution in [0.25, 0.3) is 10.9 Å². The van der Waals surface area contributed by atoms with Crippen LogP contribution >= 0.6 is 11.6 Å². The Morgan fingerprint density at radius 2 is 2.29 bits per heavy atom. The molecule has 1 aromatic carbocycles. The first-order valence-corrected chi connectivity index (χ1v) is 5.90. The van der Waals surface area contributed by atoms with E-state index in [1.54, 1.807) is 22.8 Å². The van der Waals surface area contributed by atoms with Crippen molar-refractivity contribution < 1.29 is 5.11 Å². The van der Waals surface area contributed by atoms with E-state index in [2.05, 4.69) is 4.98 Å². The lowest BCUT2D eigenvalue weighted by Crippen LogP contribution is -2.34. The van der Waals surface area contributed by atoms with Crippen molar-refractivity contribution in [3.63, 3.8) is 0 Å². The van der Waals surface area contributed by atoms with Crippen LogP contribution in [0.15, 0.2) is 23.0 Å². The van der Waals surface area contributed by atoms with Crippen molar-refractivity contribution in [3.8, 4) is 0 Å². The molecule has 1 N–H and O–H groups in total. The lowest BCUT2D eigenvalue weighted by atomic mass is 10.1. The van der Waals surface area contributed by atoms with Gasteiger partial charge in [0.25, 0.3) is 5.56 Å². The number of nitrogens with zero attached hydrogens (tertiary/aromatic N) is 2. The Balaban J connectivity index is 2.33. The van der Waals surface area contributed by atoms with Crippen LogP contribution in [0.4, 0.5) is 0 Å². The van der Waals surface area contributed by atoms with Crippen LogP contribution < -0.4 is 5.56 Å². The zero-order valence-corrected chi connectivity index (χ0v) is 9.81. The molecule has 1 unspecified atom stereocenters. The summed E-state index contributed by atoms with van der Waals surface area (Å²) >= 11 is 5.88. The highest BCUT2D eigenvalue weighted by Gasteiger charge is 2.19. The van der Waals surface area contributed by atoms with Gasteiger partial charge in [0, 0.05) is 11.4 Å². The molecule has 0 fully saturated rings. The molecule has 1 aliphatic heterocycles. The molecular weight excluding hydrogens is 240 g/mol. The molecule has 3 rings (SSSR count). The fourth-order valence-electron chi connectivity index (χ4n) is 2.22. The molecule has 1 atom stereocenters. The number of fused-ring (bicyclic) bond motifs is 2. The van der Waals surface area contributed by atoms with E-state index in [0.29, 0.717) is 35.3 Å². The number of aliphatic hydroxyl groups excluding tert-OH is 1. The molecule has 0 spiro atoms. The van der Waals surface area contributed by atoms with Crippen molar-refractivity contribution in [2.45, 2.75) is 25.5 Å². The van der Waals surface area contributed by atoms with Crippen molar-refractivity contribution >= 4 is 22.5 Å². The second-order valence-corrected chi connectivity index (χ2v) is 4.73. The summed E-state index contributed by atoms with van der Waals surface area (Å²) < 4.78 is 1.55. The first-order chi connectivity index (χ1) is 8.15. The van der Waals surface area contributed by atoms with Crippen molar-refractivity contribution in [1.82, 2.24) is 9.55 Å². The molecular formula is C12H11ClN2O2. The second-order valence-electron chi connectivity index (χ2n) is 4.30. The molecule has 1 aliphatic rings. The summed E-state index contributed by atoms with van der Waals surface area (Å²) in [5.41, 5.74) is 0.549. The Morgan fingerprint density at radius 1 is 1.47 bits per heavy atom. The number of aromatic nitrogens is 2. The van der Waals surface area contributed by atoms with Crippen LogP contribution in [0.1, 0.15) is 12.2 Å². The first kappa shape index (κ1) is 10.7. The van der Waals surface area contributed by atoms with Gasteiger partial charge in [0.2, 0.25) is 0 Å². The minimum absolute atomic E-state index is 0.119. The van der Waals surface area contributed by atoms with Crippen LogP contribution in [0.3, 0.4) is 0 Å². The van der Waals surface area contributed by atoms with Crippen LogP contribution in [0.2, 0.25) is 5.02 Å². The lowest BCUT2D eigenvalue weighted by molar-refractivity contribution is 0.128. The Hall–Kier alpha value is -1.39. The molecule has 0 aliphatic carbocycles. The molecule has 4 nitrogen and oxygen atoms in total. The molecule has 0 saturated heterocycles. The largest absolute Gasteiger partial charge is 0.391 e. The van der Waals surface area contributed by atoms with E-state index in [1.807, 2.05) is 0 Å². The summed E-state index contributed by atoms with van der Waals surface area (Å²) in [4.78, 5) is 16.7. The molecule has 0 bridgehead atoms. The van der Waals surface area contributed by atoms with E-state index in [4.69, 9.17) is 11.6 Å². The van der Waals surface area contributed by atoms with Gasteiger partial charge in [-0.05, 0) is 24.6 Å². The number of aliphatic hydroxyl groups is 1. The van der Waals surface area contributed by atoms with E-state index >= 15 is 0 Å². The maximum atomic E-state index is 12.2. The summed E-state index contributed by atoms with van der Waals surface area (Å²) in [7, 11) is 0. The van der Waals surface area contributed by atoms with E-state index in [0.717, 1.165) is 5.82 Å². The Bertz CT molecular complexity index is 651. The predicted molar refractivity (Wildman–Crippen MR) is 65.3 cm³/mol. The minimum Gasteiger partial charge on any atom is -0.391 e. The number of rotatable bonds is 0. The average molecular weight is 251 g/mol. The summed E-state index contributed by atoms with van der Waals surface area (Å²) in [6, 6.07) is 5.11. The lowest BCUT2D eigenvalue weighted by Gasteiger charge is -2.22. The monoisotopic (exact) mass is 250 g/mol. The van der Waals surface area contributed by atoms with Gasteiger partial charge in [0.15, 0.2) is 0 Å². The van der Waals surface area contributed by atoms with Crippen LogP contribution in [-0.2, 0) is 13.0 Å².